The van der Waals surface area contributed by atoms with E-state index in [1.54, 1.807) is 32.0 Å². The fraction of sp³-hybridized carbons (Fsp3) is 0.154. The van der Waals surface area contributed by atoms with Gasteiger partial charge in [-0.05, 0) is 62.4 Å². The number of nitrogens with two attached hydrogens (primary N) is 1. The number of rotatable bonds is 6. The Balaban J connectivity index is 1.69. The first-order valence-electron chi connectivity index (χ1n) is 10.4. The van der Waals surface area contributed by atoms with Gasteiger partial charge < -0.3 is 20.5 Å². The average molecular weight is 547 g/mol. The van der Waals surface area contributed by atoms with Crippen molar-refractivity contribution in [1.82, 2.24) is 0 Å². The molecule has 1 amide bonds. The molecule has 0 aliphatic heterocycles. The van der Waals surface area contributed by atoms with Gasteiger partial charge in [0.25, 0.3) is 5.91 Å². The summed E-state index contributed by atoms with van der Waals surface area (Å²) in [5.74, 6) is 3.77. The van der Waals surface area contributed by atoms with E-state index in [-0.39, 0.29) is 37.9 Å². The Bertz CT molecular complexity index is 1420. The molecule has 0 fully saturated rings. The number of hydrogen-bond donors (Lipinski definition) is 2. The van der Waals surface area contributed by atoms with E-state index in [9.17, 15) is 4.79 Å². The lowest BCUT2D eigenvalue weighted by atomic mass is 10.1. The molecule has 0 unspecified atom stereocenters. The molecule has 0 radical (unpaired) electrons. The van der Waals surface area contributed by atoms with Gasteiger partial charge in [-0.2, -0.15) is 9.65 Å². The molecule has 10 heteroatoms. The summed E-state index contributed by atoms with van der Waals surface area (Å²) in [6.45, 7) is 3.03. The van der Waals surface area contributed by atoms with Crippen LogP contribution in [0, 0.1) is 29.0 Å². The van der Waals surface area contributed by atoms with Crippen LogP contribution in [-0.4, -0.2) is 18.1 Å². The molecule has 3 rings (SSSR count). The first kappa shape index (κ1) is 27.1. The maximum absolute atomic E-state index is 15.0. The van der Waals surface area contributed by atoms with Crippen LogP contribution in [0.3, 0.4) is 0 Å². The van der Waals surface area contributed by atoms with Crippen molar-refractivity contribution in [1.29, 1.82) is 5.26 Å². The number of anilines is 1. The number of hydrogen-bond acceptors (Lipinski definition) is 5. The molecule has 36 heavy (non-hydrogen) atoms. The van der Waals surface area contributed by atoms with E-state index >= 15 is 4.39 Å². The van der Waals surface area contributed by atoms with E-state index in [0.717, 1.165) is 0 Å². The summed E-state index contributed by atoms with van der Waals surface area (Å²) in [6, 6.07) is 13.6. The van der Waals surface area contributed by atoms with E-state index in [4.69, 9.17) is 55.3 Å². The quantitative estimate of drug-likeness (QED) is 0.341. The van der Waals surface area contributed by atoms with Crippen LogP contribution < -0.4 is 20.5 Å². The van der Waals surface area contributed by atoms with Gasteiger partial charge in [-0.15, -0.1) is 0 Å². The molecule has 0 heterocycles. The Morgan fingerprint density at radius 1 is 1.08 bits per heavy atom. The zero-order valence-electron chi connectivity index (χ0n) is 19.1. The lowest BCUT2D eigenvalue weighted by Crippen LogP contribution is -2.29. The predicted molar refractivity (Wildman–Crippen MR) is 138 cm³/mol. The third-order valence-corrected chi connectivity index (χ3v) is 5.19. The van der Waals surface area contributed by atoms with Gasteiger partial charge in [0.1, 0.15) is 5.75 Å². The molecule has 0 spiro atoms. The van der Waals surface area contributed by atoms with Crippen molar-refractivity contribution in [2.45, 2.75) is 19.4 Å². The zero-order chi connectivity index (χ0) is 26.5. The van der Waals surface area contributed by atoms with E-state index in [1.165, 1.54) is 30.3 Å². The number of nitrogens with one attached hydrogen (secondary N) is 1. The molecule has 3 aromatic rings. The van der Waals surface area contributed by atoms with Gasteiger partial charge in [0.15, 0.2) is 18.1 Å². The number of nitrogens with zero attached hydrogens (tertiary/aromatic N) is 1. The van der Waals surface area contributed by atoms with E-state index in [0.29, 0.717) is 11.3 Å². The number of carbonyl (C=O) groups is 1. The maximum atomic E-state index is 15.0. The molecule has 0 saturated carbocycles. The Kier molecular flexibility index (Phi) is 8.68. The summed E-state index contributed by atoms with van der Waals surface area (Å²) in [7, 11) is 0. The summed E-state index contributed by atoms with van der Waals surface area (Å²) in [5, 5.41) is 12.1. The first-order chi connectivity index (χ1) is 16.9. The second-order valence-corrected chi connectivity index (χ2v) is 9.33. The van der Waals surface area contributed by atoms with Crippen LogP contribution in [0.15, 0.2) is 48.5 Å². The number of ether oxygens (including phenoxy) is 2. The molecule has 6 nitrogen and oxygen atoms in total. The fourth-order valence-corrected chi connectivity index (χ4v) is 3.42. The van der Waals surface area contributed by atoms with Crippen LogP contribution in [0.25, 0.3) is 0 Å². The minimum atomic E-state index is -0.933. The van der Waals surface area contributed by atoms with Gasteiger partial charge in [0.05, 0.1) is 32.9 Å². The highest BCUT2D eigenvalue weighted by Gasteiger charge is 2.18. The highest BCUT2D eigenvalue weighted by molar-refractivity contribution is 6.34. The second kappa shape index (κ2) is 11.5. The summed E-state index contributed by atoms with van der Waals surface area (Å²) >= 11 is 18.3. The van der Waals surface area contributed by atoms with E-state index < -0.39 is 23.9 Å². The predicted octanol–water partition coefficient (Wildman–Crippen LogP) is 6.56. The van der Waals surface area contributed by atoms with Crippen molar-refractivity contribution in [3.8, 4) is 35.2 Å². The van der Waals surface area contributed by atoms with Crippen LogP contribution in [0.2, 0.25) is 15.1 Å². The van der Waals surface area contributed by atoms with Crippen molar-refractivity contribution in [3.63, 3.8) is 0 Å². The van der Waals surface area contributed by atoms with Gasteiger partial charge in [-0.3, -0.25) is 4.79 Å². The molecule has 184 valence electrons. The molecule has 0 atom stereocenters. The highest BCUT2D eigenvalue weighted by atomic mass is 35.5. The molecule has 0 saturated heterocycles. The summed E-state index contributed by atoms with van der Waals surface area (Å²) in [4.78, 5) is 12.4. The molecule has 0 aliphatic carbocycles. The summed E-state index contributed by atoms with van der Waals surface area (Å²) < 4.78 is 25.9. The molecule has 0 bridgehead atoms. The smallest absolute Gasteiger partial charge is 0.262 e. The zero-order valence-corrected chi connectivity index (χ0v) is 21.4. The lowest BCUT2D eigenvalue weighted by molar-refractivity contribution is -0.118. The highest BCUT2D eigenvalue weighted by Crippen LogP contribution is 2.38. The first-order valence-corrected chi connectivity index (χ1v) is 11.5. The third kappa shape index (κ3) is 7.52. The fourth-order valence-electron chi connectivity index (χ4n) is 2.78. The second-order valence-electron chi connectivity index (χ2n) is 8.08. The van der Waals surface area contributed by atoms with Gasteiger partial charge in [0.2, 0.25) is 5.82 Å². The van der Waals surface area contributed by atoms with Crippen molar-refractivity contribution in [2.75, 3.05) is 11.9 Å². The van der Waals surface area contributed by atoms with Crippen LogP contribution in [0.4, 0.5) is 10.1 Å². The van der Waals surface area contributed by atoms with E-state index in [2.05, 4.69) is 17.2 Å². The van der Waals surface area contributed by atoms with Gasteiger partial charge in [-0.25, -0.2) is 0 Å². The third-order valence-electron chi connectivity index (χ3n) is 4.36. The number of nitriles is 1. The number of benzene rings is 3. The average Bonchev–Trinajstić information content (AvgIpc) is 2.80. The molecule has 0 aliphatic rings. The summed E-state index contributed by atoms with van der Waals surface area (Å²) in [5.41, 5.74) is 6.37. The molecule has 3 aromatic carbocycles. The van der Waals surface area contributed by atoms with Crippen LogP contribution >= 0.6 is 34.8 Å². The van der Waals surface area contributed by atoms with Crippen molar-refractivity contribution >= 4 is 46.4 Å². The molecular formula is C26H19Cl3FN3O3. The molecule has 0 aromatic heterocycles. The number of carbonyl (C=O) groups excluding carboxylic acids is 1. The maximum Gasteiger partial charge on any atom is 0.262 e. The monoisotopic (exact) mass is 545 g/mol. The van der Waals surface area contributed by atoms with Crippen LogP contribution in [0.5, 0.6) is 17.2 Å². The molecular weight excluding hydrogens is 528 g/mol. The Morgan fingerprint density at radius 2 is 1.83 bits per heavy atom. The molecule has 3 N–H and O–H groups in total. The van der Waals surface area contributed by atoms with Gasteiger partial charge in [-0.1, -0.05) is 46.6 Å². The minimum Gasteiger partial charge on any atom is -0.481 e. The number of halogens is 4. The van der Waals surface area contributed by atoms with Gasteiger partial charge >= 0.3 is 0 Å². The SMILES string of the molecule is CC(C)(N)C#Cc1ccc(NC(=O)COc2ccc(Cl)c(Oc3cc(Cl)cc(C#N)c3)c2F)c(Cl)c1. The Labute approximate surface area is 222 Å². The summed E-state index contributed by atoms with van der Waals surface area (Å²) in [6.07, 6.45) is 0. The van der Waals surface area contributed by atoms with Crippen molar-refractivity contribution in [2.24, 2.45) is 5.73 Å². The normalized spacial score (nSPS) is 10.6. The van der Waals surface area contributed by atoms with Crippen molar-refractivity contribution in [3.05, 3.63) is 80.5 Å². The lowest BCUT2D eigenvalue weighted by Gasteiger charge is -2.13. The standard InChI is InChI=1S/C26H19Cl3FN3O3/c1-26(2,32)8-7-15-3-5-21(20(29)11-15)33-23(34)14-35-22-6-4-19(28)25(24(22)30)36-18-10-16(13-31)9-17(27)12-18/h3-6,9-12H,14,32H2,1-2H3,(H,33,34). The minimum absolute atomic E-state index is 0.0456. The van der Waals surface area contributed by atoms with Crippen molar-refractivity contribution < 1.29 is 18.7 Å². The Morgan fingerprint density at radius 3 is 2.50 bits per heavy atom. The van der Waals surface area contributed by atoms with Gasteiger partial charge in [0, 0.05) is 10.6 Å². The number of amides is 1. The van der Waals surface area contributed by atoms with Crippen LogP contribution in [-0.2, 0) is 4.79 Å². The Hall–Kier alpha value is -3.46. The van der Waals surface area contributed by atoms with E-state index in [1.807, 2.05) is 6.07 Å². The topological polar surface area (TPSA) is 97.4 Å². The van der Waals surface area contributed by atoms with Crippen LogP contribution in [0.1, 0.15) is 25.0 Å². The largest absolute Gasteiger partial charge is 0.481 e.